The number of rotatable bonds is 10. The Morgan fingerprint density at radius 3 is 0.659 bits per heavy atom. The van der Waals surface area contributed by atoms with E-state index in [0.717, 1.165) is 0 Å². The van der Waals surface area contributed by atoms with Crippen molar-refractivity contribution in [1.82, 2.24) is 0 Å². The molecule has 21 heterocycles. The average Bonchev–Trinajstić information content (AvgIpc) is 2.71. The van der Waals surface area contributed by atoms with Crippen LogP contribution in [-0.2, 0) is 66.3 Å². The van der Waals surface area contributed by atoms with Gasteiger partial charge < -0.3 is 173 Å². The maximum Gasteiger partial charge on any atom is 0.187 e. The van der Waals surface area contributed by atoms with Gasteiger partial charge in [-0.1, -0.05) is 24.8 Å². The average molecular weight is 1240 g/mol. The van der Waals surface area contributed by atoms with E-state index in [2.05, 4.69) is 6.58 Å². The van der Waals surface area contributed by atoms with Gasteiger partial charge in [0, 0.05) is 0 Å². The maximum absolute atomic E-state index is 11.8. The molecule has 85 heavy (non-hydrogen) atoms. The van der Waals surface area contributed by atoms with Crippen LogP contribution in [0.15, 0.2) is 30.8 Å². The van der Waals surface area contributed by atoms with Crippen LogP contribution in [0.25, 0.3) is 6.08 Å². The molecule has 20 N–H and O–H groups in total. The molecule has 0 unspecified atom stereocenters. The predicted octanol–water partition coefficient (Wildman–Crippen LogP) is -12.5. The molecule has 1 aromatic carbocycles. The Labute approximate surface area is 481 Å². The van der Waals surface area contributed by atoms with Gasteiger partial charge in [0.15, 0.2) is 44.0 Å². The molecule has 0 radical (unpaired) electrons. The summed E-state index contributed by atoms with van der Waals surface area (Å²) in [5.41, 5.74) is 0.696. The molecule has 35 heteroatoms. The van der Waals surface area contributed by atoms with Gasteiger partial charge >= 0.3 is 0 Å². The monoisotopic (exact) mass is 1240 g/mol. The van der Waals surface area contributed by atoms with Gasteiger partial charge in [0.1, 0.15) is 183 Å². The second-order valence-corrected chi connectivity index (χ2v) is 21.6. The molecular formula is C50H76O35. The van der Waals surface area contributed by atoms with Crippen molar-refractivity contribution in [3.8, 4) is 5.75 Å². The Bertz CT molecular complexity index is 2230. The highest BCUT2D eigenvalue weighted by Crippen LogP contribution is 2.39. The van der Waals surface area contributed by atoms with Crippen LogP contribution in [0, 0.1) is 0 Å². The summed E-state index contributed by atoms with van der Waals surface area (Å²) in [5.74, 6) is 0.209. The first kappa shape index (κ1) is 66.8. The number of benzene rings is 1. The van der Waals surface area contributed by atoms with Crippen LogP contribution >= 0.6 is 0 Å². The Morgan fingerprint density at radius 2 is 0.471 bits per heavy atom. The number of aliphatic hydroxyl groups is 20. The summed E-state index contributed by atoms with van der Waals surface area (Å²) >= 11 is 0. The largest absolute Gasteiger partial charge is 0.491 e. The van der Waals surface area contributed by atoms with Crippen LogP contribution in [0.3, 0.4) is 0 Å². The van der Waals surface area contributed by atoms with Gasteiger partial charge in [0.25, 0.3) is 0 Å². The quantitative estimate of drug-likeness (QED) is 0.103. The van der Waals surface area contributed by atoms with Gasteiger partial charge in [-0.15, -0.1) is 0 Å². The lowest BCUT2D eigenvalue weighted by Crippen LogP contribution is -2.68. The van der Waals surface area contributed by atoms with Crippen molar-refractivity contribution >= 4 is 6.08 Å². The minimum Gasteiger partial charge on any atom is -0.491 e. The summed E-state index contributed by atoms with van der Waals surface area (Å²) in [6, 6.07) is 6.33. The van der Waals surface area contributed by atoms with Crippen molar-refractivity contribution in [3.05, 3.63) is 36.4 Å². The fourth-order valence-electron chi connectivity index (χ4n) is 11.3. The molecule has 35 atom stereocenters. The van der Waals surface area contributed by atoms with E-state index in [4.69, 9.17) is 71.1 Å². The molecule has 21 aliphatic heterocycles. The zero-order chi connectivity index (χ0) is 61.5. The van der Waals surface area contributed by atoms with E-state index in [1.165, 1.54) is 12.1 Å². The molecular weight excluding hydrogens is 1160 g/mol. The van der Waals surface area contributed by atoms with Crippen molar-refractivity contribution in [2.45, 2.75) is 215 Å². The second-order valence-electron chi connectivity index (χ2n) is 21.6. The van der Waals surface area contributed by atoms with Crippen LogP contribution in [0.2, 0.25) is 0 Å². The highest BCUT2D eigenvalue weighted by molar-refractivity contribution is 5.48. The number of aliphatic hydroxyl groups excluding tert-OH is 20. The van der Waals surface area contributed by atoms with E-state index < -0.39 is 261 Å². The van der Waals surface area contributed by atoms with Crippen LogP contribution < -0.4 is 4.74 Å². The van der Waals surface area contributed by atoms with Gasteiger partial charge in [0.2, 0.25) is 0 Å². The van der Waals surface area contributed by atoms with E-state index in [-0.39, 0.29) is 5.75 Å². The fourth-order valence-corrected chi connectivity index (χ4v) is 11.3. The number of hydrogen-bond donors (Lipinski definition) is 20. The summed E-state index contributed by atoms with van der Waals surface area (Å²) in [5, 5.41) is 223. The molecule has 0 amide bonds. The van der Waals surface area contributed by atoms with Crippen LogP contribution in [0.1, 0.15) is 5.56 Å². The predicted molar refractivity (Wildman–Crippen MR) is 263 cm³/mol. The first-order valence-corrected chi connectivity index (χ1v) is 27.3. The summed E-state index contributed by atoms with van der Waals surface area (Å²) in [4.78, 5) is 0. The third kappa shape index (κ3) is 13.6. The minimum absolute atomic E-state index is 0.209. The molecule has 21 fully saturated rings. The molecule has 0 saturated carbocycles. The lowest BCUT2D eigenvalue weighted by atomic mass is 9.95. The Hall–Kier alpha value is -2.60. The molecule has 1 aromatic rings. The van der Waals surface area contributed by atoms with E-state index in [0.29, 0.717) is 5.56 Å². The minimum atomic E-state index is -2.21. The van der Waals surface area contributed by atoms with E-state index in [1.54, 1.807) is 18.2 Å². The third-order valence-corrected chi connectivity index (χ3v) is 16.1. The first-order chi connectivity index (χ1) is 40.6. The van der Waals surface area contributed by atoms with E-state index >= 15 is 0 Å². The molecule has 35 nitrogen and oxygen atoms in total. The molecule has 486 valence electrons. The highest BCUT2D eigenvalue weighted by Gasteiger charge is 2.59. The van der Waals surface area contributed by atoms with Crippen LogP contribution in [0.4, 0.5) is 0 Å². The summed E-state index contributed by atoms with van der Waals surface area (Å²) in [7, 11) is 0. The fraction of sp³-hybridized carbons (Fsp3) is 0.840. The lowest BCUT2D eigenvalue weighted by Gasteiger charge is -2.50. The standard InChI is InChI=1S/C50H76O35/c1-2-14-3-5-15(6-4-14)71-13-22-43-29(63)36(70)50(78-22)84-42-21(12-56)76-48(34(68)27(42)61)82-40-19(10-54)74-46(32(66)25(40)59)80-38-17(8-52)72-44(30(64)23(38)57)79-37-16(7-51)73-45(31(65)24(37)58)81-39-18(9-53)75-47(33(67)26(39)60)83-41-20(11-55)77-49(85-43)35(69)28(41)62/h2-6,16-70H,1,7-13H2/t16-,17-,18-,19-,20-,21-,22-,23-,24-,25-,26-,27-,28-,29-,30-,31-,32-,33-,34-,35-,36-,37-,38-,39-,40-,41-,42-,43-,44-,45-,46-,47-,48-,49-,50-/m1/s1. The zero-order valence-corrected chi connectivity index (χ0v) is 44.8. The van der Waals surface area contributed by atoms with Crippen LogP contribution in [-0.4, -0.2) is 363 Å². The van der Waals surface area contributed by atoms with Gasteiger partial charge in [-0.2, -0.15) is 0 Å². The van der Waals surface area contributed by atoms with Crippen molar-refractivity contribution in [1.29, 1.82) is 0 Å². The SMILES string of the molecule is C=Cc1ccc(OC[C@H]2O[C@@H]3O[C@H]4[C@H](O)[C@@H](O)[C@@H](O[C@H]5[C@H](O)[C@@H](O)[C@@H](O[C@H]6[C@H](O)[C@@H](O)[C@@H](O[C@H]7[C@H](O)[C@@H](O)[C@@H](O[C@H]8[C@H](O)[C@@H](O)[C@@H](O[C@H]9[C@H](O)[C@@H](O)[C@@H](O[C@H]2[C@H](O)[C@H]3O)O[C@@H]9CO)O[C@@H]8CO)O[C@@H]7CO)O[C@@H]6CO)O[C@@H]5CO)O[C@@H]4CO)cc1. The number of hydrogen-bond acceptors (Lipinski definition) is 35. The van der Waals surface area contributed by atoms with Gasteiger partial charge in [-0.05, 0) is 17.7 Å². The number of ether oxygens (including phenoxy) is 15. The van der Waals surface area contributed by atoms with Gasteiger partial charge in [0.05, 0.1) is 39.6 Å². The van der Waals surface area contributed by atoms with E-state index in [9.17, 15) is 102 Å². The normalized spacial score (nSPS) is 51.1. The van der Waals surface area contributed by atoms with Crippen LogP contribution in [0.5, 0.6) is 5.75 Å². The Morgan fingerprint density at radius 1 is 0.282 bits per heavy atom. The molecule has 21 aliphatic rings. The Kier molecular flexibility index (Phi) is 22.6. The third-order valence-electron chi connectivity index (χ3n) is 16.1. The summed E-state index contributed by atoms with van der Waals surface area (Å²) in [6.45, 7) is -3.16. The van der Waals surface area contributed by atoms with Crippen molar-refractivity contribution in [2.24, 2.45) is 0 Å². The van der Waals surface area contributed by atoms with Gasteiger partial charge in [-0.3, -0.25) is 0 Å². The summed E-state index contributed by atoms with van der Waals surface area (Å²) in [6.07, 6.45) is -68.6. The van der Waals surface area contributed by atoms with Crippen molar-refractivity contribution in [2.75, 3.05) is 46.2 Å². The smallest absolute Gasteiger partial charge is 0.187 e. The second kappa shape index (κ2) is 28.7. The Balaban J connectivity index is 1.02. The van der Waals surface area contributed by atoms with Gasteiger partial charge in [-0.25, -0.2) is 0 Å². The molecule has 0 aliphatic carbocycles. The molecule has 0 aromatic heterocycles. The zero-order valence-electron chi connectivity index (χ0n) is 44.8. The molecule has 0 spiro atoms. The molecule has 14 bridgehead atoms. The van der Waals surface area contributed by atoms with Crippen molar-refractivity contribution < 1.29 is 173 Å². The molecule has 22 rings (SSSR count). The lowest BCUT2D eigenvalue weighted by molar-refractivity contribution is -0.396. The molecule has 21 saturated heterocycles. The summed E-state index contributed by atoms with van der Waals surface area (Å²) < 4.78 is 87.1. The topological polar surface area (TPSA) is 543 Å². The highest BCUT2D eigenvalue weighted by atomic mass is 16.8. The van der Waals surface area contributed by atoms with Crippen molar-refractivity contribution in [3.63, 3.8) is 0 Å². The first-order valence-electron chi connectivity index (χ1n) is 27.3. The maximum atomic E-state index is 11.8. The van der Waals surface area contributed by atoms with E-state index in [1.807, 2.05) is 0 Å².